The average Bonchev–Trinajstić information content (AvgIpc) is 2.45. The number of hydrogen-bond donors (Lipinski definition) is 0. The minimum atomic E-state index is 0.815. The lowest BCUT2D eigenvalue weighted by atomic mass is 10.1. The first kappa shape index (κ1) is 8.28. The van der Waals surface area contributed by atoms with Crippen LogP contribution in [0.5, 0.6) is 0 Å². The second kappa shape index (κ2) is 2.86. The summed E-state index contributed by atoms with van der Waals surface area (Å²) >= 11 is 1.70. The highest BCUT2D eigenvalue weighted by atomic mass is 32.1. The van der Waals surface area contributed by atoms with E-state index in [4.69, 9.17) is 6.57 Å². The Balaban J connectivity index is 2.93. The molecule has 0 saturated heterocycles. The quantitative estimate of drug-likeness (QED) is 0.548. The third kappa shape index (κ3) is 1.22. The van der Waals surface area contributed by atoms with Gasteiger partial charge in [-0.1, -0.05) is 12.1 Å². The molecule has 1 heterocycles. The molecule has 0 N–H and O–H groups in total. The van der Waals surface area contributed by atoms with Crippen molar-refractivity contribution in [1.29, 1.82) is 0 Å². The van der Waals surface area contributed by atoms with E-state index in [1.165, 1.54) is 10.3 Å². The summed E-state index contributed by atoms with van der Waals surface area (Å²) in [5, 5.41) is 1.19. The van der Waals surface area contributed by atoms with Crippen molar-refractivity contribution in [3.05, 3.63) is 40.1 Å². The largest absolute Gasteiger partial charge is 0.236 e. The fourth-order valence-corrected chi connectivity index (χ4v) is 2.51. The molecular weight excluding hydrogens is 178 g/mol. The molecule has 0 aliphatic heterocycles. The zero-order valence-electron chi connectivity index (χ0n) is 7.59. The highest BCUT2D eigenvalue weighted by Gasteiger charge is 2.06. The number of thiophene rings is 1. The smallest absolute Gasteiger partial charge is 0.207 e. The molecular formula is C11H9NS. The Bertz CT molecular complexity index is 503. The van der Waals surface area contributed by atoms with Gasteiger partial charge in [0.1, 0.15) is 0 Å². The molecule has 0 atom stereocenters. The molecule has 0 spiro atoms. The third-order valence-corrected chi connectivity index (χ3v) is 3.17. The first-order valence-corrected chi connectivity index (χ1v) is 4.91. The van der Waals surface area contributed by atoms with Crippen molar-refractivity contribution in [1.82, 2.24) is 0 Å². The first-order valence-electron chi connectivity index (χ1n) is 4.09. The second-order valence-electron chi connectivity index (χ2n) is 3.12. The van der Waals surface area contributed by atoms with E-state index in [1.807, 2.05) is 13.0 Å². The van der Waals surface area contributed by atoms with Crippen LogP contribution in [0.1, 0.15) is 10.4 Å². The Labute approximate surface area is 81.5 Å². The Kier molecular flexibility index (Phi) is 1.82. The Morgan fingerprint density at radius 2 is 2.08 bits per heavy atom. The number of rotatable bonds is 0. The van der Waals surface area contributed by atoms with E-state index in [1.54, 1.807) is 11.3 Å². The fourth-order valence-electron chi connectivity index (χ4n) is 1.45. The minimum absolute atomic E-state index is 0.815. The van der Waals surface area contributed by atoms with Crippen molar-refractivity contribution in [3.63, 3.8) is 0 Å². The lowest BCUT2D eigenvalue weighted by molar-refractivity contribution is 1.53. The lowest BCUT2D eigenvalue weighted by Crippen LogP contribution is -1.70. The van der Waals surface area contributed by atoms with Gasteiger partial charge in [0.05, 0.1) is 6.57 Å². The summed E-state index contributed by atoms with van der Waals surface area (Å²) in [5.41, 5.74) is 1.89. The van der Waals surface area contributed by atoms with Crippen LogP contribution in [0.15, 0.2) is 18.2 Å². The van der Waals surface area contributed by atoms with Gasteiger partial charge in [-0.3, -0.25) is 0 Å². The van der Waals surface area contributed by atoms with E-state index >= 15 is 0 Å². The number of fused-ring (bicyclic) bond motifs is 1. The van der Waals surface area contributed by atoms with E-state index in [2.05, 4.69) is 23.9 Å². The van der Waals surface area contributed by atoms with Crippen molar-refractivity contribution in [2.45, 2.75) is 13.8 Å². The summed E-state index contributed by atoms with van der Waals surface area (Å²) in [7, 11) is 0. The van der Waals surface area contributed by atoms with Crippen LogP contribution in [0.4, 0.5) is 5.69 Å². The van der Waals surface area contributed by atoms with Gasteiger partial charge in [0.15, 0.2) is 0 Å². The van der Waals surface area contributed by atoms with E-state index in [0.29, 0.717) is 0 Å². The van der Waals surface area contributed by atoms with E-state index < -0.39 is 0 Å². The SMILES string of the molecule is [C-]#[N+]c1c(C)ccc2cc(C)sc12. The topological polar surface area (TPSA) is 4.36 Å². The molecule has 1 aromatic heterocycles. The summed E-state index contributed by atoms with van der Waals surface area (Å²) in [4.78, 5) is 4.84. The normalized spacial score (nSPS) is 10.2. The van der Waals surface area contributed by atoms with Crippen LogP contribution in [0, 0.1) is 20.4 Å². The van der Waals surface area contributed by atoms with Crippen molar-refractivity contribution in [2.75, 3.05) is 0 Å². The average molecular weight is 187 g/mol. The number of nitrogens with zero attached hydrogens (tertiary/aromatic N) is 1. The number of benzene rings is 1. The number of aryl methyl sites for hydroxylation is 2. The van der Waals surface area contributed by atoms with Crippen LogP contribution in [0.2, 0.25) is 0 Å². The van der Waals surface area contributed by atoms with Crippen LogP contribution < -0.4 is 0 Å². The predicted octanol–water partition coefficient (Wildman–Crippen LogP) is 4.07. The number of hydrogen-bond acceptors (Lipinski definition) is 1. The van der Waals surface area contributed by atoms with Crippen LogP contribution in [0.25, 0.3) is 14.9 Å². The van der Waals surface area contributed by atoms with Crippen molar-refractivity contribution in [3.8, 4) is 0 Å². The Morgan fingerprint density at radius 3 is 2.77 bits per heavy atom. The van der Waals surface area contributed by atoms with Crippen LogP contribution in [-0.4, -0.2) is 0 Å². The zero-order valence-corrected chi connectivity index (χ0v) is 8.40. The molecule has 0 bridgehead atoms. The summed E-state index contributed by atoms with van der Waals surface area (Å²) < 4.78 is 1.13. The molecule has 2 rings (SSSR count). The first-order chi connectivity index (χ1) is 6.22. The standard InChI is InChI=1S/C11H9NS/c1-7-4-5-9-6-8(2)13-11(9)10(7)12-3/h4-6H,1-2H3. The van der Waals surface area contributed by atoms with Crippen LogP contribution >= 0.6 is 11.3 Å². The van der Waals surface area contributed by atoms with E-state index in [9.17, 15) is 0 Å². The highest BCUT2D eigenvalue weighted by Crippen LogP contribution is 2.35. The molecule has 1 nitrogen and oxygen atoms in total. The highest BCUT2D eigenvalue weighted by molar-refractivity contribution is 7.19. The maximum Gasteiger partial charge on any atom is 0.207 e. The molecule has 64 valence electrons. The van der Waals surface area contributed by atoms with E-state index in [-0.39, 0.29) is 0 Å². The third-order valence-electron chi connectivity index (χ3n) is 2.10. The Hall–Kier alpha value is -1.33. The predicted molar refractivity (Wildman–Crippen MR) is 57.6 cm³/mol. The molecule has 0 fully saturated rings. The molecule has 0 radical (unpaired) electrons. The molecule has 0 aliphatic rings. The van der Waals surface area contributed by atoms with Gasteiger partial charge in [0.25, 0.3) is 0 Å². The molecule has 0 aliphatic carbocycles. The molecule has 0 saturated carbocycles. The van der Waals surface area contributed by atoms with Crippen molar-refractivity contribution >= 4 is 27.1 Å². The molecule has 13 heavy (non-hydrogen) atoms. The maximum atomic E-state index is 7.11. The van der Waals surface area contributed by atoms with Crippen molar-refractivity contribution < 1.29 is 0 Å². The summed E-state index contributed by atoms with van der Waals surface area (Å²) in [6.07, 6.45) is 0. The summed E-state index contributed by atoms with van der Waals surface area (Å²) in [6, 6.07) is 6.23. The molecule has 1 aromatic carbocycles. The van der Waals surface area contributed by atoms with Crippen LogP contribution in [-0.2, 0) is 0 Å². The summed E-state index contributed by atoms with van der Waals surface area (Å²) in [5.74, 6) is 0. The van der Waals surface area contributed by atoms with Gasteiger partial charge in [0.2, 0.25) is 5.69 Å². The van der Waals surface area contributed by atoms with Gasteiger partial charge in [-0.15, -0.1) is 0 Å². The molecule has 2 heteroatoms. The monoisotopic (exact) mass is 187 g/mol. The minimum Gasteiger partial charge on any atom is -0.236 e. The molecule has 2 aromatic rings. The Morgan fingerprint density at radius 1 is 1.31 bits per heavy atom. The van der Waals surface area contributed by atoms with Gasteiger partial charge in [-0.05, 0) is 30.9 Å². The molecule has 0 amide bonds. The van der Waals surface area contributed by atoms with Gasteiger partial charge >= 0.3 is 0 Å². The van der Waals surface area contributed by atoms with Gasteiger partial charge < -0.3 is 0 Å². The van der Waals surface area contributed by atoms with Gasteiger partial charge in [-0.25, -0.2) is 4.85 Å². The maximum absolute atomic E-state index is 7.11. The van der Waals surface area contributed by atoms with Crippen LogP contribution in [0.3, 0.4) is 0 Å². The zero-order chi connectivity index (χ0) is 9.42. The lowest BCUT2D eigenvalue weighted by Gasteiger charge is -1.96. The second-order valence-corrected chi connectivity index (χ2v) is 4.37. The van der Waals surface area contributed by atoms with Gasteiger partial charge in [0, 0.05) is 9.58 Å². The van der Waals surface area contributed by atoms with Gasteiger partial charge in [-0.2, -0.15) is 11.3 Å². The van der Waals surface area contributed by atoms with Crippen molar-refractivity contribution in [2.24, 2.45) is 0 Å². The fraction of sp³-hybridized carbons (Fsp3) is 0.182. The molecule has 0 unspecified atom stereocenters. The summed E-state index contributed by atoms with van der Waals surface area (Å²) in [6.45, 7) is 11.2. The van der Waals surface area contributed by atoms with E-state index in [0.717, 1.165) is 16.0 Å².